The van der Waals surface area contributed by atoms with Crippen molar-refractivity contribution in [3.63, 3.8) is 0 Å². The van der Waals surface area contributed by atoms with Gasteiger partial charge in [0.1, 0.15) is 11.9 Å². The smallest absolute Gasteiger partial charge is 0.305 e. The van der Waals surface area contributed by atoms with Gasteiger partial charge in [0.25, 0.3) is 0 Å². The number of anilines is 1. The molecule has 0 amide bonds. The molecule has 0 unspecified atom stereocenters. The van der Waals surface area contributed by atoms with Crippen molar-refractivity contribution >= 4 is 11.5 Å². The number of nitrogens with one attached hydrogen (secondary N) is 1. The first kappa shape index (κ1) is 14.9. The van der Waals surface area contributed by atoms with E-state index in [0.717, 1.165) is 19.6 Å². The van der Waals surface area contributed by atoms with Crippen LogP contribution in [0.2, 0.25) is 0 Å². The number of hydrogen-bond donors (Lipinski definition) is 1. The predicted molar refractivity (Wildman–Crippen MR) is 71.9 cm³/mol. The monoisotopic (exact) mass is 263 g/mol. The van der Waals surface area contributed by atoms with E-state index in [1.807, 2.05) is 0 Å². The van der Waals surface area contributed by atoms with Crippen LogP contribution in [-0.4, -0.2) is 41.0 Å². The molecular formula is C12H17N5O2. The number of likely N-dealkylation sites (N-methyl/N-ethyl adjacent to an activating group) is 1. The van der Waals surface area contributed by atoms with E-state index >= 15 is 0 Å². The summed E-state index contributed by atoms with van der Waals surface area (Å²) in [4.78, 5) is 16.2. The predicted octanol–water partition coefficient (Wildman–Crippen LogP) is 1.62. The molecule has 0 aliphatic carbocycles. The van der Waals surface area contributed by atoms with E-state index in [1.54, 1.807) is 6.07 Å². The molecule has 1 heterocycles. The summed E-state index contributed by atoms with van der Waals surface area (Å²) in [7, 11) is 0. The van der Waals surface area contributed by atoms with E-state index in [2.05, 4.69) is 29.0 Å². The molecule has 0 saturated heterocycles. The number of nitrogens with zero attached hydrogens (tertiary/aromatic N) is 4. The van der Waals surface area contributed by atoms with Crippen molar-refractivity contribution in [2.45, 2.75) is 13.8 Å². The second kappa shape index (κ2) is 7.28. The zero-order valence-electron chi connectivity index (χ0n) is 11.1. The maximum Gasteiger partial charge on any atom is 0.305 e. The Morgan fingerprint density at radius 2 is 2.16 bits per heavy atom. The summed E-state index contributed by atoms with van der Waals surface area (Å²) in [6, 6.07) is 4.55. The summed E-state index contributed by atoms with van der Waals surface area (Å²) in [5, 5.41) is 22.5. The minimum atomic E-state index is -0.606. The second-order valence-electron chi connectivity index (χ2n) is 3.89. The van der Waals surface area contributed by atoms with Crippen LogP contribution in [0.1, 0.15) is 19.5 Å². The first-order valence-electron chi connectivity index (χ1n) is 6.14. The van der Waals surface area contributed by atoms with Gasteiger partial charge in [-0.3, -0.25) is 10.1 Å². The van der Waals surface area contributed by atoms with Crippen molar-refractivity contribution in [1.29, 1.82) is 5.26 Å². The molecule has 1 aromatic heterocycles. The number of nitriles is 1. The van der Waals surface area contributed by atoms with Crippen LogP contribution in [-0.2, 0) is 0 Å². The fourth-order valence-electron chi connectivity index (χ4n) is 1.66. The molecule has 0 spiro atoms. The minimum absolute atomic E-state index is 0.169. The highest BCUT2D eigenvalue weighted by Crippen LogP contribution is 2.17. The first-order valence-corrected chi connectivity index (χ1v) is 6.14. The zero-order valence-corrected chi connectivity index (χ0v) is 11.1. The summed E-state index contributed by atoms with van der Waals surface area (Å²) >= 11 is 0. The molecule has 0 radical (unpaired) electrons. The van der Waals surface area contributed by atoms with Gasteiger partial charge >= 0.3 is 5.69 Å². The van der Waals surface area contributed by atoms with E-state index in [0.29, 0.717) is 12.4 Å². The lowest BCUT2D eigenvalue weighted by atomic mass is 10.3. The fraction of sp³-hybridized carbons (Fsp3) is 0.500. The SMILES string of the molecule is CCN(CC)CCNc1ccc([N+](=O)[O-])c(C#N)n1. The highest BCUT2D eigenvalue weighted by atomic mass is 16.6. The Balaban J connectivity index is 2.66. The van der Waals surface area contributed by atoms with Crippen molar-refractivity contribution in [2.24, 2.45) is 0 Å². The number of rotatable bonds is 7. The van der Waals surface area contributed by atoms with Crippen LogP contribution in [0.25, 0.3) is 0 Å². The summed E-state index contributed by atoms with van der Waals surface area (Å²) in [5.41, 5.74) is -0.436. The van der Waals surface area contributed by atoms with Gasteiger partial charge in [0.2, 0.25) is 5.69 Å². The molecule has 7 heteroatoms. The molecule has 0 aliphatic rings. The summed E-state index contributed by atoms with van der Waals surface area (Å²) in [6.45, 7) is 7.64. The highest BCUT2D eigenvalue weighted by Gasteiger charge is 2.15. The molecule has 1 N–H and O–H groups in total. The number of nitro groups is 1. The van der Waals surface area contributed by atoms with Gasteiger partial charge in [-0.1, -0.05) is 13.8 Å². The maximum atomic E-state index is 10.7. The third-order valence-electron chi connectivity index (χ3n) is 2.81. The average Bonchev–Trinajstić information content (AvgIpc) is 2.43. The average molecular weight is 263 g/mol. The van der Waals surface area contributed by atoms with Crippen LogP contribution in [0.15, 0.2) is 12.1 Å². The molecule has 1 rings (SSSR count). The van der Waals surface area contributed by atoms with E-state index in [-0.39, 0.29) is 11.4 Å². The number of pyridine rings is 1. The molecular weight excluding hydrogens is 246 g/mol. The van der Waals surface area contributed by atoms with E-state index in [1.165, 1.54) is 12.1 Å². The second-order valence-corrected chi connectivity index (χ2v) is 3.89. The molecule has 0 atom stereocenters. The molecule has 1 aromatic rings. The lowest BCUT2D eigenvalue weighted by Gasteiger charge is -2.18. The molecule has 0 aromatic carbocycles. The number of hydrogen-bond acceptors (Lipinski definition) is 6. The van der Waals surface area contributed by atoms with Gasteiger partial charge in [0.05, 0.1) is 4.92 Å². The van der Waals surface area contributed by atoms with E-state index < -0.39 is 4.92 Å². The maximum absolute atomic E-state index is 10.7. The van der Waals surface area contributed by atoms with Gasteiger partial charge in [-0.2, -0.15) is 5.26 Å². The lowest BCUT2D eigenvalue weighted by Crippen LogP contribution is -2.28. The summed E-state index contributed by atoms with van der Waals surface area (Å²) < 4.78 is 0. The fourth-order valence-corrected chi connectivity index (χ4v) is 1.66. The lowest BCUT2D eigenvalue weighted by molar-refractivity contribution is -0.385. The third kappa shape index (κ3) is 4.19. The Kier molecular flexibility index (Phi) is 5.70. The van der Waals surface area contributed by atoms with Crippen LogP contribution in [0.4, 0.5) is 11.5 Å². The van der Waals surface area contributed by atoms with Crippen LogP contribution in [0.5, 0.6) is 0 Å². The van der Waals surface area contributed by atoms with Crippen LogP contribution in [0, 0.1) is 21.4 Å². The van der Waals surface area contributed by atoms with Crippen molar-refractivity contribution in [3.8, 4) is 6.07 Å². The quantitative estimate of drug-likeness (QED) is 0.593. The Labute approximate surface area is 112 Å². The molecule has 0 bridgehead atoms. The van der Waals surface area contributed by atoms with Crippen LogP contribution < -0.4 is 5.32 Å². The summed E-state index contributed by atoms with van der Waals surface area (Å²) in [6.07, 6.45) is 0. The van der Waals surface area contributed by atoms with Gasteiger partial charge < -0.3 is 10.2 Å². The Morgan fingerprint density at radius 1 is 1.47 bits per heavy atom. The standard InChI is InChI=1S/C12H17N5O2/c1-3-16(4-2)8-7-14-12-6-5-11(17(18)19)10(9-13)15-12/h5-6H,3-4,7-8H2,1-2H3,(H,14,15). The molecule has 0 fully saturated rings. The van der Waals surface area contributed by atoms with Crippen LogP contribution >= 0.6 is 0 Å². The Hall–Kier alpha value is -2.20. The van der Waals surface area contributed by atoms with Gasteiger partial charge in [-0.05, 0) is 19.2 Å². The van der Waals surface area contributed by atoms with Gasteiger partial charge in [-0.15, -0.1) is 0 Å². The number of aromatic nitrogens is 1. The van der Waals surface area contributed by atoms with Gasteiger partial charge in [0, 0.05) is 19.2 Å². The molecule has 19 heavy (non-hydrogen) atoms. The van der Waals surface area contributed by atoms with Crippen molar-refractivity contribution in [3.05, 3.63) is 27.9 Å². The highest BCUT2D eigenvalue weighted by molar-refractivity contribution is 5.50. The molecule has 102 valence electrons. The Morgan fingerprint density at radius 3 is 2.68 bits per heavy atom. The van der Waals surface area contributed by atoms with Gasteiger partial charge in [0.15, 0.2) is 0 Å². The van der Waals surface area contributed by atoms with E-state index in [9.17, 15) is 10.1 Å². The topological polar surface area (TPSA) is 95.1 Å². The zero-order chi connectivity index (χ0) is 14.3. The van der Waals surface area contributed by atoms with Crippen LogP contribution in [0.3, 0.4) is 0 Å². The molecule has 0 aliphatic heterocycles. The molecule has 7 nitrogen and oxygen atoms in total. The van der Waals surface area contributed by atoms with Crippen molar-refractivity contribution in [1.82, 2.24) is 9.88 Å². The van der Waals surface area contributed by atoms with Gasteiger partial charge in [-0.25, -0.2) is 4.98 Å². The first-order chi connectivity index (χ1) is 9.12. The normalized spacial score (nSPS) is 10.2. The third-order valence-corrected chi connectivity index (χ3v) is 2.81. The summed E-state index contributed by atoms with van der Waals surface area (Å²) in [5.74, 6) is 0.481. The van der Waals surface area contributed by atoms with Crippen molar-refractivity contribution < 1.29 is 4.92 Å². The van der Waals surface area contributed by atoms with Crippen molar-refractivity contribution in [2.75, 3.05) is 31.5 Å². The minimum Gasteiger partial charge on any atom is -0.369 e. The molecule has 0 saturated carbocycles. The Bertz CT molecular complexity index is 479. The van der Waals surface area contributed by atoms with E-state index in [4.69, 9.17) is 5.26 Å². The largest absolute Gasteiger partial charge is 0.369 e.